The van der Waals surface area contributed by atoms with E-state index in [0.717, 1.165) is 5.56 Å². The number of aromatic amines is 1. The molecular weight excluding hydrogens is 126 g/mol. The number of amidine groups is 1. The number of hydrogen-bond acceptors (Lipinski definition) is 1. The van der Waals surface area contributed by atoms with Gasteiger partial charge in [-0.05, 0) is 6.07 Å². The fraction of sp³-hybridized carbons (Fsp3) is 0. The van der Waals surface area contributed by atoms with Gasteiger partial charge in [0.05, 0.1) is 0 Å². The highest BCUT2D eigenvalue weighted by atomic mass is 14.8. The molecular formula is C7H9N3. The standard InChI is InChI=1S/C7H9N3/c1-2-10-7(8)6-3-4-9-5-6/h2-5,9H,1H2,(H2,8,10). The molecule has 0 radical (unpaired) electrons. The molecule has 10 heavy (non-hydrogen) atoms. The largest absolute Gasteiger partial charge is 0.383 e. The van der Waals surface area contributed by atoms with Crippen molar-refractivity contribution in [2.75, 3.05) is 0 Å². The Hall–Kier alpha value is -1.51. The lowest BCUT2D eigenvalue weighted by atomic mass is 10.3. The summed E-state index contributed by atoms with van der Waals surface area (Å²) in [6.45, 7) is 3.43. The molecule has 1 aromatic rings. The van der Waals surface area contributed by atoms with E-state index in [4.69, 9.17) is 5.73 Å². The van der Waals surface area contributed by atoms with Gasteiger partial charge in [0, 0.05) is 24.2 Å². The van der Waals surface area contributed by atoms with Crippen molar-refractivity contribution in [3.63, 3.8) is 0 Å². The summed E-state index contributed by atoms with van der Waals surface area (Å²) < 4.78 is 0. The summed E-state index contributed by atoms with van der Waals surface area (Å²) in [6, 6.07) is 1.85. The van der Waals surface area contributed by atoms with E-state index < -0.39 is 0 Å². The average molecular weight is 135 g/mol. The smallest absolute Gasteiger partial charge is 0.132 e. The van der Waals surface area contributed by atoms with Gasteiger partial charge in [-0.15, -0.1) is 0 Å². The van der Waals surface area contributed by atoms with Gasteiger partial charge in [0.15, 0.2) is 0 Å². The first-order valence-electron chi connectivity index (χ1n) is 2.92. The fourth-order valence-electron chi connectivity index (χ4n) is 0.656. The zero-order valence-corrected chi connectivity index (χ0v) is 5.54. The highest BCUT2D eigenvalue weighted by Gasteiger charge is 1.93. The Morgan fingerprint density at radius 2 is 2.60 bits per heavy atom. The summed E-state index contributed by atoms with van der Waals surface area (Å²) in [6.07, 6.45) is 4.99. The van der Waals surface area contributed by atoms with Crippen molar-refractivity contribution >= 4 is 5.84 Å². The van der Waals surface area contributed by atoms with Crippen LogP contribution in [0.25, 0.3) is 0 Å². The van der Waals surface area contributed by atoms with Gasteiger partial charge < -0.3 is 10.7 Å². The molecule has 0 fully saturated rings. The van der Waals surface area contributed by atoms with E-state index in [-0.39, 0.29) is 0 Å². The molecule has 0 aromatic carbocycles. The molecule has 1 aromatic heterocycles. The second-order valence-corrected chi connectivity index (χ2v) is 1.80. The lowest BCUT2D eigenvalue weighted by molar-refractivity contribution is 1.40. The van der Waals surface area contributed by atoms with Crippen molar-refractivity contribution in [1.29, 1.82) is 0 Å². The molecule has 0 bridgehead atoms. The van der Waals surface area contributed by atoms with E-state index in [1.165, 1.54) is 6.20 Å². The summed E-state index contributed by atoms with van der Waals surface area (Å²) in [5.41, 5.74) is 6.40. The number of rotatable bonds is 2. The van der Waals surface area contributed by atoms with Gasteiger partial charge in [0.1, 0.15) is 5.84 Å². The molecule has 1 rings (SSSR count). The van der Waals surface area contributed by atoms with Crippen LogP contribution in [0.5, 0.6) is 0 Å². The summed E-state index contributed by atoms with van der Waals surface area (Å²) in [7, 11) is 0. The maximum absolute atomic E-state index is 5.51. The molecule has 0 aliphatic heterocycles. The van der Waals surface area contributed by atoms with Gasteiger partial charge in [0.25, 0.3) is 0 Å². The Balaban J connectivity index is 2.86. The Bertz CT molecular complexity index is 233. The maximum Gasteiger partial charge on any atom is 0.132 e. The van der Waals surface area contributed by atoms with Crippen LogP contribution in [-0.2, 0) is 0 Å². The summed E-state index contributed by atoms with van der Waals surface area (Å²) in [5, 5.41) is 0. The van der Waals surface area contributed by atoms with E-state index >= 15 is 0 Å². The highest BCUT2D eigenvalue weighted by molar-refractivity contribution is 5.97. The Labute approximate surface area is 59.3 Å². The van der Waals surface area contributed by atoms with Crippen LogP contribution in [-0.4, -0.2) is 10.8 Å². The van der Waals surface area contributed by atoms with Gasteiger partial charge in [-0.3, -0.25) is 0 Å². The van der Waals surface area contributed by atoms with Crippen molar-refractivity contribution in [1.82, 2.24) is 4.98 Å². The van der Waals surface area contributed by atoms with Crippen LogP contribution < -0.4 is 5.73 Å². The van der Waals surface area contributed by atoms with Gasteiger partial charge in [0.2, 0.25) is 0 Å². The molecule has 3 N–H and O–H groups in total. The molecule has 0 unspecified atom stereocenters. The van der Waals surface area contributed by atoms with Crippen LogP contribution in [0, 0.1) is 0 Å². The minimum Gasteiger partial charge on any atom is -0.383 e. The molecule has 1 heterocycles. The Morgan fingerprint density at radius 1 is 1.80 bits per heavy atom. The monoisotopic (exact) mass is 135 g/mol. The number of hydrogen-bond donors (Lipinski definition) is 2. The Morgan fingerprint density at radius 3 is 3.10 bits per heavy atom. The van der Waals surface area contributed by atoms with Crippen molar-refractivity contribution in [2.45, 2.75) is 0 Å². The first kappa shape index (κ1) is 6.61. The fourth-order valence-corrected chi connectivity index (χ4v) is 0.656. The van der Waals surface area contributed by atoms with Crippen LogP contribution in [0.2, 0.25) is 0 Å². The van der Waals surface area contributed by atoms with Crippen molar-refractivity contribution in [3.05, 3.63) is 36.8 Å². The minimum atomic E-state index is 0.483. The Kier molecular flexibility index (Phi) is 1.89. The van der Waals surface area contributed by atoms with Gasteiger partial charge in [-0.25, -0.2) is 4.99 Å². The third kappa shape index (κ3) is 1.25. The van der Waals surface area contributed by atoms with E-state index in [9.17, 15) is 0 Å². The molecule has 0 aliphatic carbocycles. The molecule has 0 spiro atoms. The molecule has 0 saturated carbocycles. The van der Waals surface area contributed by atoms with Crippen LogP contribution in [0.15, 0.2) is 36.2 Å². The number of nitrogens with zero attached hydrogens (tertiary/aromatic N) is 1. The quantitative estimate of drug-likeness (QED) is 0.458. The van der Waals surface area contributed by atoms with Gasteiger partial charge in [-0.1, -0.05) is 6.58 Å². The van der Waals surface area contributed by atoms with E-state index in [1.807, 2.05) is 6.07 Å². The van der Waals surface area contributed by atoms with Crippen LogP contribution in [0.4, 0.5) is 0 Å². The number of H-pyrrole nitrogens is 1. The SMILES string of the molecule is C=CN=C(N)c1cc[nH]c1. The molecule has 0 aliphatic rings. The molecule has 3 heteroatoms. The normalized spacial score (nSPS) is 11.4. The summed E-state index contributed by atoms with van der Waals surface area (Å²) in [4.78, 5) is 6.68. The first-order valence-corrected chi connectivity index (χ1v) is 2.92. The zero-order valence-electron chi connectivity index (χ0n) is 5.54. The molecule has 3 nitrogen and oxygen atoms in total. The predicted octanol–water partition coefficient (Wildman–Crippen LogP) is 0.864. The van der Waals surface area contributed by atoms with E-state index in [1.54, 1.807) is 12.4 Å². The lowest BCUT2D eigenvalue weighted by Crippen LogP contribution is -2.11. The number of nitrogens with one attached hydrogen (secondary N) is 1. The highest BCUT2D eigenvalue weighted by Crippen LogP contribution is 1.94. The number of aromatic nitrogens is 1. The summed E-state index contributed by atoms with van der Waals surface area (Å²) in [5.74, 6) is 0.483. The molecule has 0 amide bonds. The lowest BCUT2D eigenvalue weighted by Gasteiger charge is -1.90. The third-order valence-electron chi connectivity index (χ3n) is 1.12. The topological polar surface area (TPSA) is 54.2 Å². The minimum absolute atomic E-state index is 0.483. The molecule has 0 saturated heterocycles. The third-order valence-corrected chi connectivity index (χ3v) is 1.12. The van der Waals surface area contributed by atoms with E-state index in [2.05, 4.69) is 16.6 Å². The van der Waals surface area contributed by atoms with Crippen molar-refractivity contribution < 1.29 is 0 Å². The summed E-state index contributed by atoms with van der Waals surface area (Å²) >= 11 is 0. The second kappa shape index (κ2) is 2.87. The van der Waals surface area contributed by atoms with Gasteiger partial charge >= 0.3 is 0 Å². The molecule has 52 valence electrons. The molecule has 0 atom stereocenters. The predicted molar refractivity (Wildman–Crippen MR) is 41.7 cm³/mol. The second-order valence-electron chi connectivity index (χ2n) is 1.80. The van der Waals surface area contributed by atoms with Crippen LogP contribution in [0.3, 0.4) is 0 Å². The van der Waals surface area contributed by atoms with Crippen molar-refractivity contribution in [2.24, 2.45) is 10.7 Å². The zero-order chi connectivity index (χ0) is 7.40. The number of nitrogens with two attached hydrogens (primary N) is 1. The maximum atomic E-state index is 5.51. The average Bonchev–Trinajstić information content (AvgIpc) is 2.38. The van der Waals surface area contributed by atoms with Gasteiger partial charge in [-0.2, -0.15) is 0 Å². The number of aliphatic imine (C=N–C) groups is 1. The van der Waals surface area contributed by atoms with Crippen LogP contribution in [0.1, 0.15) is 5.56 Å². The van der Waals surface area contributed by atoms with E-state index in [0.29, 0.717) is 5.84 Å². The van der Waals surface area contributed by atoms with Crippen molar-refractivity contribution in [3.8, 4) is 0 Å². The first-order chi connectivity index (χ1) is 4.84. The van der Waals surface area contributed by atoms with Crippen LogP contribution >= 0.6 is 0 Å².